The predicted molar refractivity (Wildman–Crippen MR) is 105 cm³/mol. The normalized spacial score (nSPS) is 14.2. The summed E-state index contributed by atoms with van der Waals surface area (Å²) in [4.78, 5) is 39.3. The Morgan fingerprint density at radius 2 is 2.04 bits per heavy atom. The number of carbonyl (C=O) groups is 2. The number of ketones is 1. The van der Waals surface area contributed by atoms with Crippen LogP contribution in [0.4, 0.5) is 5.69 Å². The second kappa shape index (κ2) is 8.29. The van der Waals surface area contributed by atoms with E-state index in [1.54, 1.807) is 48.4 Å². The summed E-state index contributed by atoms with van der Waals surface area (Å²) in [6, 6.07) is 7.57. The molecule has 3 rings (SSSR count). The Labute approximate surface area is 163 Å². The first-order valence-corrected chi connectivity index (χ1v) is 9.43. The summed E-state index contributed by atoms with van der Waals surface area (Å²) >= 11 is 0. The van der Waals surface area contributed by atoms with Crippen LogP contribution in [0.2, 0.25) is 0 Å². The Morgan fingerprint density at radius 1 is 1.25 bits per heavy atom. The number of amides is 1. The van der Waals surface area contributed by atoms with Crippen molar-refractivity contribution in [2.24, 2.45) is 0 Å². The van der Waals surface area contributed by atoms with Crippen LogP contribution in [0.3, 0.4) is 0 Å². The Hall–Kier alpha value is -3.09. The lowest BCUT2D eigenvalue weighted by molar-refractivity contribution is -0.121. The van der Waals surface area contributed by atoms with Gasteiger partial charge >= 0.3 is 0 Å². The lowest BCUT2D eigenvalue weighted by Crippen LogP contribution is -2.38. The van der Waals surface area contributed by atoms with E-state index < -0.39 is 6.04 Å². The molecule has 0 saturated heterocycles. The fourth-order valence-corrected chi connectivity index (χ4v) is 3.19. The number of hydrogen-bond donors (Lipinski definition) is 0. The molecule has 0 fully saturated rings. The number of hydrogen-bond acceptors (Lipinski definition) is 5. The molecule has 1 aliphatic rings. The van der Waals surface area contributed by atoms with Crippen LogP contribution in [0, 0.1) is 0 Å². The first-order chi connectivity index (χ1) is 13.5. The second-order valence-corrected chi connectivity index (χ2v) is 6.58. The van der Waals surface area contributed by atoms with Crippen molar-refractivity contribution in [1.82, 2.24) is 4.57 Å². The minimum absolute atomic E-state index is 0.00944. The molecule has 2 heterocycles. The number of benzene rings is 1. The minimum atomic E-state index is -0.717. The molecular formula is C21H24N2O5. The summed E-state index contributed by atoms with van der Waals surface area (Å²) in [6.07, 6.45) is 2.36. The molecule has 1 aromatic carbocycles. The summed E-state index contributed by atoms with van der Waals surface area (Å²) in [6.45, 7) is 6.41. The molecule has 0 N–H and O–H groups in total. The van der Waals surface area contributed by atoms with Crippen LogP contribution in [-0.2, 0) is 4.79 Å². The highest BCUT2D eigenvalue weighted by Crippen LogP contribution is 2.33. The molecule has 1 atom stereocenters. The average Bonchev–Trinajstić information content (AvgIpc) is 2.71. The van der Waals surface area contributed by atoms with Crippen LogP contribution >= 0.6 is 0 Å². The molecule has 1 amide bonds. The van der Waals surface area contributed by atoms with Gasteiger partial charge < -0.3 is 18.9 Å². The topological polar surface area (TPSA) is 77.8 Å². The smallest absolute Gasteiger partial charge is 0.293 e. The van der Waals surface area contributed by atoms with Crippen LogP contribution in [0.15, 0.2) is 41.3 Å². The Kier molecular flexibility index (Phi) is 5.82. The van der Waals surface area contributed by atoms with Gasteiger partial charge in [-0.15, -0.1) is 0 Å². The number of aromatic nitrogens is 1. The molecule has 0 saturated carbocycles. The molecule has 1 unspecified atom stereocenters. The van der Waals surface area contributed by atoms with Gasteiger partial charge in [0, 0.05) is 18.3 Å². The number of ether oxygens (including phenoxy) is 2. The summed E-state index contributed by atoms with van der Waals surface area (Å²) in [5.41, 5.74) is 0.641. The monoisotopic (exact) mass is 384 g/mol. The summed E-state index contributed by atoms with van der Waals surface area (Å²) < 4.78 is 12.3. The van der Waals surface area contributed by atoms with E-state index in [1.807, 2.05) is 13.8 Å². The maximum absolute atomic E-state index is 13.0. The summed E-state index contributed by atoms with van der Waals surface area (Å²) in [5, 5.41) is 0. The first kappa shape index (κ1) is 19.7. The van der Waals surface area contributed by atoms with Gasteiger partial charge in [-0.2, -0.15) is 0 Å². The molecule has 1 aromatic heterocycles. The van der Waals surface area contributed by atoms with E-state index in [2.05, 4.69) is 0 Å². The third kappa shape index (κ3) is 3.65. The second-order valence-electron chi connectivity index (χ2n) is 6.58. The number of pyridine rings is 1. The van der Waals surface area contributed by atoms with Gasteiger partial charge in [-0.25, -0.2) is 0 Å². The summed E-state index contributed by atoms with van der Waals surface area (Å²) in [7, 11) is 0. The van der Waals surface area contributed by atoms with Crippen LogP contribution < -0.4 is 19.9 Å². The molecule has 0 radical (unpaired) electrons. The zero-order chi connectivity index (χ0) is 20.3. The molecule has 0 bridgehead atoms. The molecule has 0 spiro atoms. The van der Waals surface area contributed by atoms with E-state index >= 15 is 0 Å². The third-order valence-electron chi connectivity index (χ3n) is 4.70. The van der Waals surface area contributed by atoms with E-state index in [4.69, 9.17) is 9.47 Å². The van der Waals surface area contributed by atoms with E-state index in [0.29, 0.717) is 30.2 Å². The fourth-order valence-electron chi connectivity index (χ4n) is 3.19. The van der Waals surface area contributed by atoms with E-state index in [1.165, 1.54) is 4.57 Å². The van der Waals surface area contributed by atoms with E-state index in [9.17, 15) is 14.4 Å². The van der Waals surface area contributed by atoms with Gasteiger partial charge in [-0.1, -0.05) is 6.92 Å². The lowest BCUT2D eigenvalue weighted by atomic mass is 10.0. The maximum atomic E-state index is 13.0. The van der Waals surface area contributed by atoms with Gasteiger partial charge in [0.15, 0.2) is 18.1 Å². The number of rotatable bonds is 7. The van der Waals surface area contributed by atoms with Gasteiger partial charge in [-0.3, -0.25) is 14.4 Å². The van der Waals surface area contributed by atoms with Crippen molar-refractivity contribution < 1.29 is 19.1 Å². The zero-order valence-corrected chi connectivity index (χ0v) is 16.3. The molecule has 2 aromatic rings. The molecule has 1 aliphatic heterocycles. The number of nitrogens with zero attached hydrogens (tertiary/aromatic N) is 2. The third-order valence-corrected chi connectivity index (χ3v) is 4.70. The molecule has 0 aliphatic carbocycles. The number of Topliss-reactive ketones (excluding diaryl/α,β-unsaturated/α-hetero) is 1. The van der Waals surface area contributed by atoms with Crippen molar-refractivity contribution in [2.75, 3.05) is 24.7 Å². The predicted octanol–water partition coefficient (Wildman–Crippen LogP) is 2.83. The van der Waals surface area contributed by atoms with Crippen molar-refractivity contribution in [3.63, 3.8) is 0 Å². The Balaban J connectivity index is 1.92. The Morgan fingerprint density at radius 3 is 2.75 bits per heavy atom. The van der Waals surface area contributed by atoms with Crippen molar-refractivity contribution in [1.29, 1.82) is 0 Å². The first-order valence-electron chi connectivity index (χ1n) is 9.43. The molecule has 7 nitrogen and oxygen atoms in total. The van der Waals surface area contributed by atoms with Gasteiger partial charge in [0.05, 0.1) is 18.3 Å². The SMILES string of the molecule is CCCOc1cccn(C(C)C(=O)c2ccc3c(c2)N(CC)C(=O)CO3)c1=O. The van der Waals surface area contributed by atoms with Crippen LogP contribution in [0.25, 0.3) is 0 Å². The van der Waals surface area contributed by atoms with Gasteiger partial charge in [0.1, 0.15) is 5.75 Å². The van der Waals surface area contributed by atoms with Crippen molar-refractivity contribution >= 4 is 17.4 Å². The largest absolute Gasteiger partial charge is 0.488 e. The number of anilines is 1. The average molecular weight is 384 g/mol. The van der Waals surface area contributed by atoms with Crippen LogP contribution in [-0.4, -0.2) is 36.0 Å². The van der Waals surface area contributed by atoms with Crippen molar-refractivity contribution in [2.45, 2.75) is 33.2 Å². The van der Waals surface area contributed by atoms with Crippen LogP contribution in [0.5, 0.6) is 11.5 Å². The van der Waals surface area contributed by atoms with E-state index in [-0.39, 0.29) is 29.6 Å². The van der Waals surface area contributed by atoms with Crippen molar-refractivity contribution in [3.8, 4) is 11.5 Å². The van der Waals surface area contributed by atoms with Gasteiger partial charge in [-0.05, 0) is 50.6 Å². The maximum Gasteiger partial charge on any atom is 0.293 e. The molecule has 148 valence electrons. The molecule has 7 heteroatoms. The van der Waals surface area contributed by atoms with Crippen molar-refractivity contribution in [3.05, 3.63) is 52.4 Å². The fraction of sp³-hybridized carbons (Fsp3) is 0.381. The van der Waals surface area contributed by atoms with Gasteiger partial charge in [0.2, 0.25) is 0 Å². The van der Waals surface area contributed by atoms with Crippen LogP contribution in [0.1, 0.15) is 43.6 Å². The lowest BCUT2D eigenvalue weighted by Gasteiger charge is -2.28. The zero-order valence-electron chi connectivity index (χ0n) is 16.3. The van der Waals surface area contributed by atoms with Gasteiger partial charge in [0.25, 0.3) is 11.5 Å². The molecule has 28 heavy (non-hydrogen) atoms. The quantitative estimate of drug-likeness (QED) is 0.686. The highest BCUT2D eigenvalue weighted by Gasteiger charge is 2.27. The number of fused-ring (bicyclic) bond motifs is 1. The number of carbonyl (C=O) groups excluding carboxylic acids is 2. The number of likely N-dealkylation sites (N-methyl/N-ethyl adjacent to an activating group) is 1. The highest BCUT2D eigenvalue weighted by atomic mass is 16.5. The highest BCUT2D eigenvalue weighted by molar-refractivity contribution is 6.03. The summed E-state index contributed by atoms with van der Waals surface area (Å²) in [5.74, 6) is 0.416. The minimum Gasteiger partial charge on any atom is -0.488 e. The molecular weight excluding hydrogens is 360 g/mol. The Bertz CT molecular complexity index is 950. The van der Waals surface area contributed by atoms with E-state index in [0.717, 1.165) is 6.42 Å². The standard InChI is InChI=1S/C21H24N2O5/c1-4-11-27-18-7-6-10-23(21(18)26)14(3)20(25)15-8-9-17-16(12-15)22(5-2)19(24)13-28-17/h6-10,12,14H,4-5,11,13H2,1-3H3.